The van der Waals surface area contributed by atoms with Crippen LogP contribution in [0.1, 0.15) is 29.7 Å². The Morgan fingerprint density at radius 2 is 1.88 bits per heavy atom. The average Bonchev–Trinajstić information content (AvgIpc) is 2.56. The van der Waals surface area contributed by atoms with Gasteiger partial charge in [-0.1, -0.05) is 42.0 Å². The number of amides is 1. The second-order valence-electron chi connectivity index (χ2n) is 5.89. The van der Waals surface area contributed by atoms with Crippen molar-refractivity contribution >= 4 is 27.7 Å². The Bertz CT molecular complexity index is 834. The zero-order chi connectivity index (χ0) is 18.4. The van der Waals surface area contributed by atoms with Crippen molar-refractivity contribution < 1.29 is 13.2 Å². The highest BCUT2D eigenvalue weighted by molar-refractivity contribution is 7.99. The monoisotopic (exact) mass is 378 g/mol. The van der Waals surface area contributed by atoms with Crippen LogP contribution in [0, 0.1) is 6.92 Å². The van der Waals surface area contributed by atoms with Crippen LogP contribution in [-0.4, -0.2) is 20.1 Å². The van der Waals surface area contributed by atoms with Gasteiger partial charge >= 0.3 is 0 Å². The standard InChI is InChI=1S/C18H22N2O3S2/c1-13-6-8-15(9-7-13)11-24-12-18(21)20-14(2)16-4-3-5-17(10-16)25(19,22)23/h3-10,14H,11-12H2,1-2H3,(H,20,21)(H2,19,22,23). The van der Waals surface area contributed by atoms with Gasteiger partial charge in [0.1, 0.15) is 0 Å². The van der Waals surface area contributed by atoms with Crippen LogP contribution in [0.3, 0.4) is 0 Å². The van der Waals surface area contributed by atoms with E-state index in [0.29, 0.717) is 11.3 Å². The van der Waals surface area contributed by atoms with Crippen molar-refractivity contribution in [3.63, 3.8) is 0 Å². The number of carbonyl (C=O) groups excluding carboxylic acids is 1. The molecule has 0 aliphatic rings. The van der Waals surface area contributed by atoms with E-state index in [1.807, 2.05) is 13.8 Å². The van der Waals surface area contributed by atoms with Gasteiger partial charge < -0.3 is 5.32 Å². The summed E-state index contributed by atoms with van der Waals surface area (Å²) in [6.07, 6.45) is 0. The second kappa shape index (κ2) is 8.51. The quantitative estimate of drug-likeness (QED) is 0.775. The first kappa shape index (κ1) is 19.5. The Hall–Kier alpha value is -1.83. The van der Waals surface area contributed by atoms with Gasteiger partial charge in [-0.25, -0.2) is 13.6 Å². The van der Waals surface area contributed by atoms with E-state index in [1.165, 1.54) is 35.0 Å². The number of benzene rings is 2. The first-order chi connectivity index (χ1) is 11.8. The van der Waals surface area contributed by atoms with Crippen molar-refractivity contribution in [3.05, 3.63) is 65.2 Å². The van der Waals surface area contributed by atoms with E-state index in [1.54, 1.807) is 12.1 Å². The second-order valence-corrected chi connectivity index (χ2v) is 8.43. The zero-order valence-corrected chi connectivity index (χ0v) is 15.9. The number of hydrogen-bond donors (Lipinski definition) is 2. The molecule has 2 rings (SSSR count). The molecule has 0 aliphatic carbocycles. The largest absolute Gasteiger partial charge is 0.349 e. The number of aryl methyl sites for hydroxylation is 1. The van der Waals surface area contributed by atoms with Crippen LogP contribution in [0.15, 0.2) is 53.4 Å². The minimum atomic E-state index is -3.75. The molecular weight excluding hydrogens is 356 g/mol. The molecule has 2 aromatic rings. The molecule has 3 N–H and O–H groups in total. The highest BCUT2D eigenvalue weighted by Gasteiger charge is 2.13. The Morgan fingerprint density at radius 1 is 1.20 bits per heavy atom. The van der Waals surface area contributed by atoms with Crippen LogP contribution in [0.5, 0.6) is 0 Å². The fourth-order valence-corrected chi connectivity index (χ4v) is 3.64. The Balaban J connectivity index is 1.86. The molecule has 0 bridgehead atoms. The third kappa shape index (κ3) is 6.19. The molecule has 0 fully saturated rings. The van der Waals surface area contributed by atoms with Crippen molar-refractivity contribution in [1.82, 2.24) is 5.32 Å². The molecule has 7 heteroatoms. The fourth-order valence-electron chi connectivity index (χ4n) is 2.27. The molecule has 1 amide bonds. The van der Waals surface area contributed by atoms with E-state index < -0.39 is 10.0 Å². The number of thioether (sulfide) groups is 1. The van der Waals surface area contributed by atoms with Crippen molar-refractivity contribution in [2.75, 3.05) is 5.75 Å². The maximum Gasteiger partial charge on any atom is 0.238 e. The lowest BCUT2D eigenvalue weighted by atomic mass is 10.1. The lowest BCUT2D eigenvalue weighted by molar-refractivity contribution is -0.119. The van der Waals surface area contributed by atoms with Gasteiger partial charge in [0.15, 0.2) is 0 Å². The van der Waals surface area contributed by atoms with Crippen LogP contribution < -0.4 is 10.5 Å². The molecule has 134 valence electrons. The van der Waals surface area contributed by atoms with Gasteiger partial charge in [-0.2, -0.15) is 0 Å². The lowest BCUT2D eigenvalue weighted by Crippen LogP contribution is -2.28. The minimum absolute atomic E-state index is 0.0415. The molecule has 0 saturated carbocycles. The van der Waals surface area contributed by atoms with Crippen LogP contribution in [-0.2, 0) is 20.6 Å². The molecule has 0 aliphatic heterocycles. The maximum atomic E-state index is 12.1. The number of nitrogens with one attached hydrogen (secondary N) is 1. The van der Waals surface area contributed by atoms with Crippen molar-refractivity contribution in [2.24, 2.45) is 5.14 Å². The molecular formula is C18H22N2O3S2. The van der Waals surface area contributed by atoms with Crippen molar-refractivity contribution in [3.8, 4) is 0 Å². The molecule has 0 radical (unpaired) electrons. The van der Waals surface area contributed by atoms with Gasteiger partial charge in [-0.3, -0.25) is 4.79 Å². The fraction of sp³-hybridized carbons (Fsp3) is 0.278. The number of sulfonamides is 1. The molecule has 0 aromatic heterocycles. The van der Waals surface area contributed by atoms with Crippen LogP contribution in [0.25, 0.3) is 0 Å². The summed E-state index contributed by atoms with van der Waals surface area (Å²) in [5.74, 6) is 1.02. The topological polar surface area (TPSA) is 89.3 Å². The minimum Gasteiger partial charge on any atom is -0.349 e. The molecule has 0 spiro atoms. The highest BCUT2D eigenvalue weighted by Crippen LogP contribution is 2.17. The van der Waals surface area contributed by atoms with Gasteiger partial charge in [-0.05, 0) is 37.1 Å². The number of hydrogen-bond acceptors (Lipinski definition) is 4. The van der Waals surface area contributed by atoms with E-state index in [9.17, 15) is 13.2 Å². The summed E-state index contributed by atoms with van der Waals surface area (Å²) in [4.78, 5) is 12.1. The molecule has 1 atom stereocenters. The van der Waals surface area contributed by atoms with Crippen molar-refractivity contribution in [1.29, 1.82) is 0 Å². The number of rotatable bonds is 7. The third-order valence-corrected chi connectivity index (χ3v) is 5.60. The van der Waals surface area contributed by atoms with E-state index in [0.717, 1.165) is 5.75 Å². The maximum absolute atomic E-state index is 12.1. The SMILES string of the molecule is Cc1ccc(CSCC(=O)NC(C)c2cccc(S(N)(=O)=O)c2)cc1. The lowest BCUT2D eigenvalue weighted by Gasteiger charge is -2.15. The number of primary sulfonamides is 1. The third-order valence-electron chi connectivity index (χ3n) is 3.69. The van der Waals surface area contributed by atoms with Gasteiger partial charge in [0, 0.05) is 5.75 Å². The molecule has 5 nitrogen and oxygen atoms in total. The van der Waals surface area contributed by atoms with Crippen molar-refractivity contribution in [2.45, 2.75) is 30.5 Å². The van der Waals surface area contributed by atoms with E-state index in [4.69, 9.17) is 5.14 Å². The van der Waals surface area contributed by atoms with E-state index >= 15 is 0 Å². The Labute approximate surface area is 153 Å². The molecule has 0 heterocycles. The molecule has 25 heavy (non-hydrogen) atoms. The number of nitrogens with two attached hydrogens (primary N) is 1. The highest BCUT2D eigenvalue weighted by atomic mass is 32.2. The summed E-state index contributed by atoms with van der Waals surface area (Å²) >= 11 is 1.54. The smallest absolute Gasteiger partial charge is 0.238 e. The Morgan fingerprint density at radius 3 is 2.52 bits per heavy atom. The van der Waals surface area contributed by atoms with Crippen LogP contribution >= 0.6 is 11.8 Å². The van der Waals surface area contributed by atoms with Gasteiger partial charge in [-0.15, -0.1) is 11.8 Å². The molecule has 0 saturated heterocycles. The zero-order valence-electron chi connectivity index (χ0n) is 14.2. The normalized spacial score (nSPS) is 12.6. The summed E-state index contributed by atoms with van der Waals surface area (Å²) in [6.45, 7) is 3.85. The predicted octanol–water partition coefficient (Wildman–Crippen LogP) is 2.75. The Kier molecular flexibility index (Phi) is 6.64. The summed E-state index contributed by atoms with van der Waals surface area (Å²) in [5.41, 5.74) is 3.09. The van der Waals surface area contributed by atoms with Crippen LogP contribution in [0.2, 0.25) is 0 Å². The summed E-state index contributed by atoms with van der Waals surface area (Å²) in [7, 11) is -3.75. The first-order valence-corrected chi connectivity index (χ1v) is 10.5. The first-order valence-electron chi connectivity index (χ1n) is 7.81. The summed E-state index contributed by atoms with van der Waals surface area (Å²) < 4.78 is 22.8. The van der Waals surface area contributed by atoms with Gasteiger partial charge in [0.05, 0.1) is 16.7 Å². The van der Waals surface area contributed by atoms with Gasteiger partial charge in [0.25, 0.3) is 0 Å². The summed E-state index contributed by atoms with van der Waals surface area (Å²) in [5, 5.41) is 8.01. The average molecular weight is 379 g/mol. The van der Waals surface area contributed by atoms with Crippen LogP contribution in [0.4, 0.5) is 0 Å². The molecule has 1 unspecified atom stereocenters. The number of carbonyl (C=O) groups is 1. The molecule has 2 aromatic carbocycles. The van der Waals surface area contributed by atoms with E-state index in [2.05, 4.69) is 29.6 Å². The predicted molar refractivity (Wildman–Crippen MR) is 102 cm³/mol. The summed E-state index contributed by atoms with van der Waals surface area (Å²) in [6, 6.07) is 14.2. The van der Waals surface area contributed by atoms with E-state index in [-0.39, 0.29) is 16.8 Å². The van der Waals surface area contributed by atoms with Gasteiger partial charge in [0.2, 0.25) is 15.9 Å².